The van der Waals surface area contributed by atoms with Crippen LogP contribution in [0.4, 0.5) is 13.2 Å². The molecule has 14 heteroatoms. The lowest BCUT2D eigenvalue weighted by molar-refractivity contribution is -0.171. The van der Waals surface area contributed by atoms with Crippen LogP contribution in [0.25, 0.3) is 0 Å². The molecule has 2 aromatic carbocycles. The minimum Gasteiger partial charge on any atom is -0.483 e. The molecule has 1 N–H and O–H groups in total. The van der Waals surface area contributed by atoms with Crippen molar-refractivity contribution in [3.63, 3.8) is 0 Å². The molecule has 3 rings (SSSR count). The summed E-state index contributed by atoms with van der Waals surface area (Å²) in [6.07, 6.45) is -5.38. The summed E-state index contributed by atoms with van der Waals surface area (Å²) in [5, 5.41) is 0.744. The predicted molar refractivity (Wildman–Crippen MR) is 136 cm³/mol. The van der Waals surface area contributed by atoms with Gasteiger partial charge < -0.3 is 9.64 Å². The van der Waals surface area contributed by atoms with E-state index in [4.69, 9.17) is 27.9 Å². The number of benzene rings is 2. The number of halogens is 5. The smallest absolute Gasteiger partial charge is 0.472 e. The van der Waals surface area contributed by atoms with E-state index in [0.29, 0.717) is 24.7 Å². The molecule has 2 atom stereocenters. The molecule has 1 aliphatic rings. The number of carbonyl (C=O) groups is 2. The molecule has 0 saturated carbocycles. The minimum absolute atomic E-state index is 0.0410. The van der Waals surface area contributed by atoms with E-state index in [2.05, 4.69) is 4.90 Å². The number of ether oxygens (including phenoxy) is 1. The van der Waals surface area contributed by atoms with E-state index in [1.165, 1.54) is 18.2 Å². The lowest BCUT2D eigenvalue weighted by Gasteiger charge is -2.44. The molecular weight excluding hydrogens is 570 g/mol. The Morgan fingerprint density at radius 1 is 1.03 bits per heavy atom. The van der Waals surface area contributed by atoms with Crippen LogP contribution in [0.3, 0.4) is 0 Å². The Labute approximate surface area is 228 Å². The van der Waals surface area contributed by atoms with E-state index in [9.17, 15) is 31.2 Å². The van der Waals surface area contributed by atoms with Gasteiger partial charge in [-0.2, -0.15) is 13.2 Å². The summed E-state index contributed by atoms with van der Waals surface area (Å²) in [5.74, 6) is -4.04. The fourth-order valence-corrected chi connectivity index (χ4v) is 5.48. The van der Waals surface area contributed by atoms with Gasteiger partial charge in [0.25, 0.3) is 5.91 Å². The first-order valence-corrected chi connectivity index (χ1v) is 13.9. The third-order valence-electron chi connectivity index (χ3n) is 5.96. The number of alkyl halides is 3. The number of nitrogens with zero attached hydrogens (tertiary/aromatic N) is 2. The third-order valence-corrected chi connectivity index (χ3v) is 7.63. The molecule has 0 aromatic heterocycles. The van der Waals surface area contributed by atoms with E-state index >= 15 is 0 Å². The molecule has 208 valence electrons. The second-order valence-corrected chi connectivity index (χ2v) is 11.6. The molecule has 1 fully saturated rings. The molecule has 38 heavy (non-hydrogen) atoms. The minimum atomic E-state index is -5.38. The number of rotatable bonds is 8. The van der Waals surface area contributed by atoms with Crippen molar-refractivity contribution >= 4 is 45.0 Å². The standard InChI is InChI=1S/C24H26Cl2F3N3O5S/c1-15-11-32(16(2)10-31(15)12-17-3-5-19(25)6-4-17)22(33)13-37-21-8-7-20(26)9-18(21)14-38(35,36)30-23(34)24(27,28)29/h3-9,15-16H,10-14H2,1-2H3,(H,30,34)/t15-,16+/m0/s1. The average Bonchev–Trinajstić information content (AvgIpc) is 2.80. The average molecular weight is 596 g/mol. The monoisotopic (exact) mass is 595 g/mol. The van der Waals surface area contributed by atoms with Crippen molar-refractivity contribution in [2.75, 3.05) is 19.7 Å². The Morgan fingerprint density at radius 3 is 2.29 bits per heavy atom. The molecule has 2 amide bonds. The molecule has 0 spiro atoms. The topological polar surface area (TPSA) is 96.0 Å². The maximum absolute atomic E-state index is 13.0. The van der Waals surface area contributed by atoms with Crippen LogP contribution in [0.5, 0.6) is 5.75 Å². The highest BCUT2D eigenvalue weighted by Crippen LogP contribution is 2.26. The summed E-state index contributed by atoms with van der Waals surface area (Å²) < 4.78 is 68.3. The van der Waals surface area contributed by atoms with Crippen molar-refractivity contribution in [1.82, 2.24) is 14.5 Å². The van der Waals surface area contributed by atoms with Crippen LogP contribution < -0.4 is 9.46 Å². The van der Waals surface area contributed by atoms with E-state index < -0.39 is 34.5 Å². The summed E-state index contributed by atoms with van der Waals surface area (Å²) in [5.41, 5.74) is 0.982. The first-order chi connectivity index (χ1) is 17.6. The highest BCUT2D eigenvalue weighted by atomic mass is 35.5. The molecule has 2 aromatic rings. The highest BCUT2D eigenvalue weighted by Gasteiger charge is 2.41. The second kappa shape index (κ2) is 12.1. The largest absolute Gasteiger partial charge is 0.483 e. The van der Waals surface area contributed by atoms with Gasteiger partial charge >= 0.3 is 12.1 Å². The summed E-state index contributed by atoms with van der Waals surface area (Å²) >= 11 is 11.9. The number of carbonyl (C=O) groups excluding carboxylic acids is 2. The molecule has 0 radical (unpaired) electrons. The normalized spacial score (nSPS) is 18.8. The van der Waals surface area contributed by atoms with Crippen LogP contribution in [0, 0.1) is 0 Å². The van der Waals surface area contributed by atoms with E-state index in [1.807, 2.05) is 38.1 Å². The van der Waals surface area contributed by atoms with Gasteiger partial charge in [-0.15, -0.1) is 0 Å². The van der Waals surface area contributed by atoms with Gasteiger partial charge in [0.05, 0.1) is 5.75 Å². The van der Waals surface area contributed by atoms with Gasteiger partial charge in [-0.3, -0.25) is 14.5 Å². The molecule has 0 unspecified atom stereocenters. The molecule has 8 nitrogen and oxygen atoms in total. The van der Waals surface area contributed by atoms with Crippen LogP contribution in [-0.2, 0) is 31.9 Å². The number of sulfonamides is 1. The number of amides is 2. The third kappa shape index (κ3) is 8.23. The summed E-state index contributed by atoms with van der Waals surface area (Å²) in [6, 6.07) is 11.3. The molecule has 1 heterocycles. The van der Waals surface area contributed by atoms with Gasteiger partial charge in [-0.1, -0.05) is 35.3 Å². The van der Waals surface area contributed by atoms with Gasteiger partial charge in [0.15, 0.2) is 6.61 Å². The Kier molecular flexibility index (Phi) is 9.56. The van der Waals surface area contributed by atoms with Crippen LogP contribution in [-0.4, -0.2) is 68.0 Å². The second-order valence-electron chi connectivity index (χ2n) is 9.03. The molecule has 0 bridgehead atoms. The number of hydrogen-bond acceptors (Lipinski definition) is 6. The van der Waals surface area contributed by atoms with Gasteiger partial charge in [0.2, 0.25) is 10.0 Å². The first kappa shape index (κ1) is 30.0. The van der Waals surface area contributed by atoms with Crippen LogP contribution >= 0.6 is 23.2 Å². The van der Waals surface area contributed by atoms with E-state index in [-0.39, 0.29) is 34.3 Å². The molecule has 1 aliphatic heterocycles. The number of nitrogens with one attached hydrogen (secondary N) is 1. The maximum Gasteiger partial charge on any atom is 0.472 e. The predicted octanol–water partition coefficient (Wildman–Crippen LogP) is 4.00. The summed E-state index contributed by atoms with van der Waals surface area (Å²) in [7, 11) is -4.73. The van der Waals surface area contributed by atoms with Crippen molar-refractivity contribution in [3.8, 4) is 5.75 Å². The van der Waals surface area contributed by atoms with E-state index in [0.717, 1.165) is 10.3 Å². The lowest BCUT2D eigenvalue weighted by Crippen LogP contribution is -2.58. The zero-order chi connectivity index (χ0) is 28.3. The maximum atomic E-state index is 13.0. The molecule has 1 saturated heterocycles. The fourth-order valence-electron chi connectivity index (χ4n) is 4.05. The Balaban J connectivity index is 1.63. The SMILES string of the molecule is C[C@@H]1CN(Cc2ccc(Cl)cc2)[C@@H](C)CN1C(=O)COc1ccc(Cl)cc1CS(=O)(=O)NC(=O)C(F)(F)F. The quantitative estimate of drug-likeness (QED) is 0.495. The van der Waals surface area contributed by atoms with Crippen molar-refractivity contribution in [1.29, 1.82) is 0 Å². The van der Waals surface area contributed by atoms with Crippen molar-refractivity contribution < 1.29 is 35.9 Å². The fraction of sp³-hybridized carbons (Fsp3) is 0.417. The highest BCUT2D eigenvalue weighted by molar-refractivity contribution is 7.89. The van der Waals surface area contributed by atoms with Gasteiger partial charge in [-0.05, 0) is 49.7 Å². The van der Waals surface area contributed by atoms with Gasteiger partial charge in [0.1, 0.15) is 5.75 Å². The van der Waals surface area contributed by atoms with Gasteiger partial charge in [-0.25, -0.2) is 13.1 Å². The van der Waals surface area contributed by atoms with Gasteiger partial charge in [0, 0.05) is 47.3 Å². The Morgan fingerprint density at radius 2 is 1.66 bits per heavy atom. The van der Waals surface area contributed by atoms with E-state index in [1.54, 1.807) is 4.90 Å². The van der Waals surface area contributed by atoms with Crippen molar-refractivity contribution in [2.45, 2.75) is 44.4 Å². The lowest BCUT2D eigenvalue weighted by atomic mass is 10.1. The Hall–Kier alpha value is -2.54. The molecular formula is C24H26Cl2F3N3O5S. The number of hydrogen-bond donors (Lipinski definition) is 1. The van der Waals surface area contributed by atoms with Crippen LogP contribution in [0.2, 0.25) is 10.0 Å². The molecule has 0 aliphatic carbocycles. The zero-order valence-corrected chi connectivity index (χ0v) is 22.8. The summed E-state index contributed by atoms with van der Waals surface area (Å²) in [4.78, 5) is 28.0. The zero-order valence-electron chi connectivity index (χ0n) is 20.5. The van der Waals surface area contributed by atoms with Crippen LogP contribution in [0.15, 0.2) is 42.5 Å². The van der Waals surface area contributed by atoms with Crippen molar-refractivity contribution in [3.05, 3.63) is 63.6 Å². The first-order valence-electron chi connectivity index (χ1n) is 11.5. The van der Waals surface area contributed by atoms with Crippen LogP contribution in [0.1, 0.15) is 25.0 Å². The summed E-state index contributed by atoms with van der Waals surface area (Å²) in [6.45, 7) is 5.20. The number of piperazine rings is 1. The van der Waals surface area contributed by atoms with Crippen molar-refractivity contribution in [2.24, 2.45) is 0 Å². The Bertz CT molecular complexity index is 1280.